The molecule has 4 rings (SSSR count). The van der Waals surface area contributed by atoms with Gasteiger partial charge in [-0.15, -0.1) is 0 Å². The molecule has 100 valence electrons. The molecule has 21 heavy (non-hydrogen) atoms. The summed E-state index contributed by atoms with van der Waals surface area (Å²) in [4.78, 5) is 0. The van der Waals surface area contributed by atoms with Crippen molar-refractivity contribution in [3.63, 3.8) is 0 Å². The van der Waals surface area contributed by atoms with Gasteiger partial charge in [-0.3, -0.25) is 0 Å². The number of hydrogen-bond acceptors (Lipinski definition) is 1. The highest BCUT2D eigenvalue weighted by atomic mass is 14.8. The fourth-order valence-corrected chi connectivity index (χ4v) is 2.83. The highest BCUT2D eigenvalue weighted by molar-refractivity contribution is 6.03. The Balaban J connectivity index is 2.01. The van der Waals surface area contributed by atoms with E-state index in [4.69, 9.17) is 0 Å². The standard InChI is InChI=1S/C20H15N/c1-2-11-20(21-12-5-1)18-10-6-9-17-13-15-7-3-4-8-16(15)14-19(17)18/h1-14,21H. The molecule has 1 N–H and O–H groups in total. The predicted octanol–water partition coefficient (Wildman–Crippen LogP) is 5.01. The zero-order valence-electron chi connectivity index (χ0n) is 11.6. The summed E-state index contributed by atoms with van der Waals surface area (Å²) in [6.07, 6.45) is 10.2. The molecule has 0 aromatic heterocycles. The molecule has 1 aliphatic rings. The van der Waals surface area contributed by atoms with Gasteiger partial charge in [0, 0.05) is 17.5 Å². The zero-order chi connectivity index (χ0) is 14.1. The fraction of sp³-hybridized carbons (Fsp3) is 0. The van der Waals surface area contributed by atoms with Crippen molar-refractivity contribution in [3.8, 4) is 0 Å². The van der Waals surface area contributed by atoms with Gasteiger partial charge < -0.3 is 5.32 Å². The minimum absolute atomic E-state index is 1.13. The van der Waals surface area contributed by atoms with E-state index in [1.165, 1.54) is 27.1 Å². The monoisotopic (exact) mass is 269 g/mol. The summed E-state index contributed by atoms with van der Waals surface area (Å²) in [5, 5.41) is 8.46. The van der Waals surface area contributed by atoms with Gasteiger partial charge in [0.15, 0.2) is 0 Å². The van der Waals surface area contributed by atoms with E-state index in [-0.39, 0.29) is 0 Å². The average Bonchev–Trinajstić information content (AvgIpc) is 2.81. The predicted molar refractivity (Wildman–Crippen MR) is 90.8 cm³/mol. The number of fused-ring (bicyclic) bond motifs is 2. The Labute approximate surface area is 123 Å². The van der Waals surface area contributed by atoms with E-state index in [1.807, 2.05) is 18.4 Å². The van der Waals surface area contributed by atoms with E-state index in [2.05, 4.69) is 72.1 Å². The van der Waals surface area contributed by atoms with Crippen molar-refractivity contribution in [3.05, 3.63) is 90.7 Å². The first-order valence-corrected chi connectivity index (χ1v) is 7.14. The molecule has 1 nitrogen and oxygen atoms in total. The summed E-state index contributed by atoms with van der Waals surface area (Å²) < 4.78 is 0. The van der Waals surface area contributed by atoms with Crippen molar-refractivity contribution in [2.24, 2.45) is 0 Å². The van der Waals surface area contributed by atoms with Crippen LogP contribution < -0.4 is 5.32 Å². The summed E-state index contributed by atoms with van der Waals surface area (Å²) in [6.45, 7) is 0. The van der Waals surface area contributed by atoms with Gasteiger partial charge >= 0.3 is 0 Å². The first kappa shape index (κ1) is 12.0. The first-order valence-electron chi connectivity index (χ1n) is 7.14. The van der Waals surface area contributed by atoms with Gasteiger partial charge in [0.2, 0.25) is 0 Å². The van der Waals surface area contributed by atoms with Crippen LogP contribution in [0.1, 0.15) is 5.56 Å². The smallest absolute Gasteiger partial charge is 0.0459 e. The Morgan fingerprint density at radius 3 is 2.38 bits per heavy atom. The van der Waals surface area contributed by atoms with Gasteiger partial charge in [0.1, 0.15) is 0 Å². The number of benzene rings is 3. The van der Waals surface area contributed by atoms with Crippen LogP contribution >= 0.6 is 0 Å². The maximum Gasteiger partial charge on any atom is 0.0459 e. The molecule has 0 radical (unpaired) electrons. The molecule has 1 heterocycles. The summed E-state index contributed by atoms with van der Waals surface area (Å²) in [5.74, 6) is 0. The minimum Gasteiger partial charge on any atom is -0.361 e. The molecule has 0 bridgehead atoms. The Morgan fingerprint density at radius 1 is 0.667 bits per heavy atom. The van der Waals surface area contributed by atoms with Crippen molar-refractivity contribution in [2.75, 3.05) is 0 Å². The molecule has 0 spiro atoms. The molecule has 0 amide bonds. The number of rotatable bonds is 1. The second-order valence-electron chi connectivity index (χ2n) is 5.19. The van der Waals surface area contributed by atoms with E-state index in [0.29, 0.717) is 0 Å². The van der Waals surface area contributed by atoms with Crippen molar-refractivity contribution < 1.29 is 0 Å². The molecular formula is C20H15N. The number of nitrogens with one attached hydrogen (secondary N) is 1. The third-order valence-electron chi connectivity index (χ3n) is 3.86. The van der Waals surface area contributed by atoms with Gasteiger partial charge in [0.25, 0.3) is 0 Å². The first-order chi connectivity index (χ1) is 10.4. The van der Waals surface area contributed by atoms with Crippen molar-refractivity contribution in [2.45, 2.75) is 0 Å². The van der Waals surface area contributed by atoms with Crippen LogP contribution in [0.4, 0.5) is 0 Å². The molecule has 0 aliphatic carbocycles. The lowest BCUT2D eigenvalue weighted by molar-refractivity contribution is 1.23. The topological polar surface area (TPSA) is 12.0 Å². The molecule has 1 heteroatoms. The molecular weight excluding hydrogens is 254 g/mol. The van der Waals surface area contributed by atoms with E-state index in [0.717, 1.165) is 5.70 Å². The van der Waals surface area contributed by atoms with Crippen LogP contribution in [0.5, 0.6) is 0 Å². The van der Waals surface area contributed by atoms with Crippen LogP contribution in [0, 0.1) is 0 Å². The highest BCUT2D eigenvalue weighted by Gasteiger charge is 2.07. The van der Waals surface area contributed by atoms with Gasteiger partial charge in [-0.2, -0.15) is 0 Å². The maximum absolute atomic E-state index is 3.36. The quantitative estimate of drug-likeness (QED) is 0.612. The van der Waals surface area contributed by atoms with Crippen molar-refractivity contribution >= 4 is 27.2 Å². The Morgan fingerprint density at radius 2 is 1.48 bits per heavy atom. The lowest BCUT2D eigenvalue weighted by Gasteiger charge is -2.11. The van der Waals surface area contributed by atoms with Crippen LogP contribution in [0.2, 0.25) is 0 Å². The van der Waals surface area contributed by atoms with E-state index in [1.54, 1.807) is 0 Å². The van der Waals surface area contributed by atoms with Crippen LogP contribution in [-0.2, 0) is 0 Å². The van der Waals surface area contributed by atoms with E-state index >= 15 is 0 Å². The third kappa shape index (κ3) is 2.13. The van der Waals surface area contributed by atoms with E-state index < -0.39 is 0 Å². The van der Waals surface area contributed by atoms with Crippen molar-refractivity contribution in [1.29, 1.82) is 0 Å². The van der Waals surface area contributed by atoms with Crippen LogP contribution in [0.25, 0.3) is 27.2 Å². The summed E-state index contributed by atoms with van der Waals surface area (Å²) in [6, 6.07) is 19.5. The molecule has 0 saturated carbocycles. The summed E-state index contributed by atoms with van der Waals surface area (Å²) in [5.41, 5.74) is 2.36. The van der Waals surface area contributed by atoms with Crippen LogP contribution in [0.3, 0.4) is 0 Å². The van der Waals surface area contributed by atoms with Crippen LogP contribution in [-0.4, -0.2) is 0 Å². The largest absolute Gasteiger partial charge is 0.361 e. The van der Waals surface area contributed by atoms with Gasteiger partial charge in [0.05, 0.1) is 0 Å². The molecule has 3 aromatic rings. The van der Waals surface area contributed by atoms with Gasteiger partial charge in [-0.1, -0.05) is 54.6 Å². The third-order valence-corrected chi connectivity index (χ3v) is 3.86. The second-order valence-corrected chi connectivity index (χ2v) is 5.19. The number of hydrogen-bond donors (Lipinski definition) is 1. The molecule has 3 aromatic carbocycles. The lowest BCUT2D eigenvalue weighted by atomic mass is 9.98. The SMILES string of the molecule is C1=CC=C(c2cccc3cc4ccccc4cc23)NC=C1. The fourth-order valence-electron chi connectivity index (χ4n) is 2.83. The Bertz CT molecular complexity index is 913. The summed E-state index contributed by atoms with van der Waals surface area (Å²) >= 11 is 0. The zero-order valence-corrected chi connectivity index (χ0v) is 11.6. The minimum atomic E-state index is 1.13. The molecule has 0 unspecified atom stereocenters. The summed E-state index contributed by atoms with van der Waals surface area (Å²) in [7, 11) is 0. The second kappa shape index (κ2) is 4.95. The molecule has 0 fully saturated rings. The van der Waals surface area contributed by atoms with Crippen LogP contribution in [0.15, 0.2) is 85.1 Å². The normalized spacial score (nSPS) is 14.0. The van der Waals surface area contributed by atoms with Gasteiger partial charge in [-0.05, 0) is 45.8 Å². The van der Waals surface area contributed by atoms with Gasteiger partial charge in [-0.25, -0.2) is 0 Å². The van der Waals surface area contributed by atoms with E-state index in [9.17, 15) is 0 Å². The highest BCUT2D eigenvalue weighted by Crippen LogP contribution is 2.28. The molecule has 0 saturated heterocycles. The average molecular weight is 269 g/mol. The number of allylic oxidation sites excluding steroid dienone is 4. The Kier molecular flexibility index (Phi) is 2.82. The molecule has 1 aliphatic heterocycles. The lowest BCUT2D eigenvalue weighted by Crippen LogP contribution is -2.03. The maximum atomic E-state index is 3.36. The molecule has 0 atom stereocenters. The van der Waals surface area contributed by atoms with Crippen molar-refractivity contribution in [1.82, 2.24) is 5.32 Å². The Hall–Kier alpha value is -2.80.